The number of carbonyl (C=O) groups is 1. The molecule has 0 aliphatic heterocycles. The standard InChI is InChI=1S/C8H8O3.CH4O/c1-11-8-4-6(5-9)2-3-7(8)10;1-2/h2-5,10H,1H3;2H,1H3. The van der Waals surface area contributed by atoms with Crippen LogP contribution in [-0.4, -0.2) is 30.7 Å². The van der Waals surface area contributed by atoms with Crippen molar-refractivity contribution >= 4 is 6.29 Å². The maximum absolute atomic E-state index is 10.2. The van der Waals surface area contributed by atoms with E-state index < -0.39 is 0 Å². The smallest absolute Gasteiger partial charge is 0.161 e. The molecule has 0 saturated heterocycles. The monoisotopic (exact) mass is 184 g/mol. The quantitative estimate of drug-likeness (QED) is 0.668. The predicted octanol–water partition coefficient (Wildman–Crippen LogP) is 0.822. The zero-order chi connectivity index (χ0) is 10.3. The Balaban J connectivity index is 0.000000671. The third kappa shape index (κ3) is 3.13. The first-order chi connectivity index (χ1) is 6.27. The van der Waals surface area contributed by atoms with Crippen molar-refractivity contribution in [2.75, 3.05) is 14.2 Å². The molecule has 0 atom stereocenters. The average molecular weight is 184 g/mol. The van der Waals surface area contributed by atoms with Crippen LogP contribution in [0.15, 0.2) is 18.2 Å². The van der Waals surface area contributed by atoms with Gasteiger partial charge in [0.1, 0.15) is 6.29 Å². The van der Waals surface area contributed by atoms with E-state index in [2.05, 4.69) is 0 Å². The normalized spacial score (nSPS) is 8.23. The van der Waals surface area contributed by atoms with E-state index in [4.69, 9.17) is 14.9 Å². The molecule has 4 nitrogen and oxygen atoms in total. The van der Waals surface area contributed by atoms with Crippen LogP contribution < -0.4 is 4.74 Å². The highest BCUT2D eigenvalue weighted by Crippen LogP contribution is 2.25. The topological polar surface area (TPSA) is 66.8 Å². The number of carbonyl (C=O) groups excluding carboxylic acids is 1. The van der Waals surface area contributed by atoms with E-state index >= 15 is 0 Å². The molecular formula is C9H12O4. The van der Waals surface area contributed by atoms with Gasteiger partial charge < -0.3 is 14.9 Å². The molecule has 2 N–H and O–H groups in total. The second kappa shape index (κ2) is 6.02. The molecule has 72 valence electrons. The zero-order valence-electron chi connectivity index (χ0n) is 7.52. The molecule has 0 spiro atoms. The van der Waals surface area contributed by atoms with Crippen molar-refractivity contribution in [3.63, 3.8) is 0 Å². The molecule has 1 rings (SSSR count). The number of phenolic OH excluding ortho intramolecular Hbond substituents is 1. The summed E-state index contributed by atoms with van der Waals surface area (Å²) in [5.74, 6) is 0.354. The predicted molar refractivity (Wildman–Crippen MR) is 48.2 cm³/mol. The summed E-state index contributed by atoms with van der Waals surface area (Å²) >= 11 is 0. The maximum Gasteiger partial charge on any atom is 0.161 e. The molecule has 0 aromatic heterocycles. The molecule has 1 aromatic rings. The molecule has 0 heterocycles. The van der Waals surface area contributed by atoms with Crippen LogP contribution in [0.4, 0.5) is 0 Å². The highest BCUT2D eigenvalue weighted by Gasteiger charge is 2.00. The Morgan fingerprint density at radius 3 is 2.46 bits per heavy atom. The van der Waals surface area contributed by atoms with Gasteiger partial charge in [-0.3, -0.25) is 4.79 Å². The Bertz CT molecular complexity index is 270. The van der Waals surface area contributed by atoms with Gasteiger partial charge in [0, 0.05) is 12.7 Å². The number of phenols is 1. The molecule has 0 amide bonds. The number of ether oxygens (including phenoxy) is 1. The summed E-state index contributed by atoms with van der Waals surface area (Å²) in [6.45, 7) is 0. The van der Waals surface area contributed by atoms with Gasteiger partial charge in [0.2, 0.25) is 0 Å². The molecule has 0 unspecified atom stereocenters. The fourth-order valence-corrected chi connectivity index (χ4v) is 0.768. The number of hydrogen-bond donors (Lipinski definition) is 2. The summed E-state index contributed by atoms with van der Waals surface area (Å²) in [6.07, 6.45) is 0.696. The first kappa shape index (κ1) is 11.4. The fraction of sp³-hybridized carbons (Fsp3) is 0.222. The van der Waals surface area contributed by atoms with Gasteiger partial charge in [-0.05, 0) is 18.2 Å². The van der Waals surface area contributed by atoms with Gasteiger partial charge in [-0.1, -0.05) is 0 Å². The number of benzene rings is 1. The summed E-state index contributed by atoms with van der Waals surface area (Å²) in [7, 11) is 2.43. The van der Waals surface area contributed by atoms with E-state index in [0.29, 0.717) is 17.6 Å². The largest absolute Gasteiger partial charge is 0.504 e. The van der Waals surface area contributed by atoms with Crippen molar-refractivity contribution < 1.29 is 19.7 Å². The van der Waals surface area contributed by atoms with Crippen LogP contribution in [0, 0.1) is 0 Å². The van der Waals surface area contributed by atoms with Crippen LogP contribution in [0.25, 0.3) is 0 Å². The zero-order valence-corrected chi connectivity index (χ0v) is 7.52. The van der Waals surface area contributed by atoms with E-state index in [1.165, 1.54) is 25.3 Å². The Morgan fingerprint density at radius 2 is 2.00 bits per heavy atom. The summed E-state index contributed by atoms with van der Waals surface area (Å²) in [4.78, 5) is 10.2. The van der Waals surface area contributed by atoms with Crippen LogP contribution >= 0.6 is 0 Å². The SMILES string of the molecule is CO.COc1cc(C=O)ccc1O. The Kier molecular flexibility index (Phi) is 5.30. The molecule has 0 bridgehead atoms. The van der Waals surface area contributed by atoms with Crippen molar-refractivity contribution in [1.29, 1.82) is 0 Å². The van der Waals surface area contributed by atoms with Crippen LogP contribution in [0.5, 0.6) is 11.5 Å². The molecule has 13 heavy (non-hydrogen) atoms. The molecular weight excluding hydrogens is 172 g/mol. The van der Waals surface area contributed by atoms with E-state index in [-0.39, 0.29) is 5.75 Å². The third-order valence-electron chi connectivity index (χ3n) is 1.34. The highest BCUT2D eigenvalue weighted by atomic mass is 16.5. The Labute approximate surface area is 76.4 Å². The van der Waals surface area contributed by atoms with Gasteiger partial charge >= 0.3 is 0 Å². The number of rotatable bonds is 2. The fourth-order valence-electron chi connectivity index (χ4n) is 0.768. The van der Waals surface area contributed by atoms with Crippen LogP contribution in [0.1, 0.15) is 10.4 Å². The molecule has 4 heteroatoms. The van der Waals surface area contributed by atoms with Crippen molar-refractivity contribution in [3.05, 3.63) is 23.8 Å². The number of methoxy groups -OCH3 is 1. The van der Waals surface area contributed by atoms with E-state index in [9.17, 15) is 4.79 Å². The molecule has 0 radical (unpaired) electrons. The third-order valence-corrected chi connectivity index (χ3v) is 1.34. The lowest BCUT2D eigenvalue weighted by Gasteiger charge is -2.01. The lowest BCUT2D eigenvalue weighted by molar-refractivity contribution is 0.112. The lowest BCUT2D eigenvalue weighted by Crippen LogP contribution is -1.85. The van der Waals surface area contributed by atoms with Gasteiger partial charge in [0.25, 0.3) is 0 Å². The summed E-state index contributed by atoms with van der Waals surface area (Å²) in [5.41, 5.74) is 0.486. The second-order valence-corrected chi connectivity index (χ2v) is 2.05. The van der Waals surface area contributed by atoms with Crippen molar-refractivity contribution in [3.8, 4) is 11.5 Å². The Hall–Kier alpha value is -1.55. The number of aldehydes is 1. The summed E-state index contributed by atoms with van der Waals surface area (Å²) < 4.78 is 4.78. The number of aliphatic hydroxyl groups excluding tert-OH is 1. The van der Waals surface area contributed by atoms with Gasteiger partial charge in [0.15, 0.2) is 11.5 Å². The van der Waals surface area contributed by atoms with E-state index in [1.807, 2.05) is 0 Å². The summed E-state index contributed by atoms with van der Waals surface area (Å²) in [5, 5.41) is 16.1. The maximum atomic E-state index is 10.2. The van der Waals surface area contributed by atoms with Gasteiger partial charge in [-0.2, -0.15) is 0 Å². The molecule has 0 aliphatic rings. The van der Waals surface area contributed by atoms with Gasteiger partial charge in [-0.15, -0.1) is 0 Å². The van der Waals surface area contributed by atoms with Crippen molar-refractivity contribution in [2.24, 2.45) is 0 Å². The van der Waals surface area contributed by atoms with Gasteiger partial charge in [-0.25, -0.2) is 0 Å². The molecule has 0 aliphatic carbocycles. The second-order valence-electron chi connectivity index (χ2n) is 2.05. The van der Waals surface area contributed by atoms with Crippen LogP contribution in [-0.2, 0) is 0 Å². The molecule has 0 saturated carbocycles. The van der Waals surface area contributed by atoms with Crippen LogP contribution in [0.3, 0.4) is 0 Å². The number of hydrogen-bond acceptors (Lipinski definition) is 4. The average Bonchev–Trinajstić information content (AvgIpc) is 2.22. The van der Waals surface area contributed by atoms with Gasteiger partial charge in [0.05, 0.1) is 7.11 Å². The minimum atomic E-state index is 0.0399. The highest BCUT2D eigenvalue weighted by molar-refractivity contribution is 5.76. The van der Waals surface area contributed by atoms with Crippen LogP contribution in [0.2, 0.25) is 0 Å². The van der Waals surface area contributed by atoms with Crippen molar-refractivity contribution in [2.45, 2.75) is 0 Å². The van der Waals surface area contributed by atoms with Crippen molar-refractivity contribution in [1.82, 2.24) is 0 Å². The number of aromatic hydroxyl groups is 1. The molecule has 1 aromatic carbocycles. The Morgan fingerprint density at radius 1 is 1.38 bits per heavy atom. The minimum absolute atomic E-state index is 0.0399. The first-order valence-corrected chi connectivity index (χ1v) is 3.55. The first-order valence-electron chi connectivity index (χ1n) is 3.55. The lowest BCUT2D eigenvalue weighted by atomic mass is 10.2. The summed E-state index contributed by atoms with van der Waals surface area (Å²) in [6, 6.07) is 4.41. The van der Waals surface area contributed by atoms with E-state index in [0.717, 1.165) is 7.11 Å². The number of aliphatic hydroxyl groups is 1. The molecule has 0 fully saturated rings. The minimum Gasteiger partial charge on any atom is -0.504 e. The van der Waals surface area contributed by atoms with E-state index in [1.54, 1.807) is 0 Å².